The van der Waals surface area contributed by atoms with E-state index in [4.69, 9.17) is 56.8 Å². The number of carbonyl (C=O) groups excluding carboxylic acids is 4. The third-order valence-corrected chi connectivity index (χ3v) is 25.7. The Balaban J connectivity index is 1.26. The fourth-order valence-electron chi connectivity index (χ4n) is 18.0. The zero-order valence-electron chi connectivity index (χ0n) is 77.9. The summed E-state index contributed by atoms with van der Waals surface area (Å²) in [7, 11) is 0. The van der Waals surface area contributed by atoms with Gasteiger partial charge in [-0.05, 0) is 19.3 Å². The predicted molar refractivity (Wildman–Crippen MR) is 469 cm³/mol. The van der Waals surface area contributed by atoms with Crippen LogP contribution in [-0.2, 0) is 85.6 Å². The van der Waals surface area contributed by atoms with E-state index in [9.17, 15) is 141 Å². The van der Waals surface area contributed by atoms with E-state index in [1.54, 1.807) is 6.08 Å². The Hall–Kier alpha value is -4.72. The normalized spacial score (nSPS) is 33.9. The van der Waals surface area contributed by atoms with Gasteiger partial charge in [0.2, 0.25) is 23.6 Å². The molecule has 34 atom stereocenters. The molecule has 134 heavy (non-hydrogen) atoms. The van der Waals surface area contributed by atoms with Crippen LogP contribution in [0.1, 0.15) is 259 Å². The number of aliphatic carboxylic acids is 2. The van der Waals surface area contributed by atoms with E-state index in [0.717, 1.165) is 78.1 Å². The first-order valence-electron chi connectivity index (χ1n) is 48.4. The van der Waals surface area contributed by atoms with Crippen LogP contribution in [0.15, 0.2) is 12.2 Å². The number of aliphatic hydroxyl groups excluding tert-OH is 20. The Morgan fingerprint density at radius 1 is 0.396 bits per heavy atom. The number of carboxylic acid groups (broad SMARTS) is 2. The molecular formula is C90H160N4O40. The van der Waals surface area contributed by atoms with Crippen LogP contribution in [0, 0.1) is 0 Å². The molecule has 44 nitrogen and oxygen atoms in total. The minimum atomic E-state index is -3.51. The van der Waals surface area contributed by atoms with E-state index in [0.29, 0.717) is 12.8 Å². The second-order valence-corrected chi connectivity index (χ2v) is 36.4. The number of nitrogens with one attached hydrogen (secondary N) is 4. The molecule has 780 valence electrons. The fraction of sp³-hybridized carbons (Fsp3) is 0.911. The summed E-state index contributed by atoms with van der Waals surface area (Å²) >= 11 is 0. The summed E-state index contributed by atoms with van der Waals surface area (Å²) in [5, 5.41) is 257. The lowest BCUT2D eigenvalue weighted by Gasteiger charge is -2.53. The van der Waals surface area contributed by atoms with Crippen LogP contribution in [0.4, 0.5) is 0 Å². The zero-order valence-corrected chi connectivity index (χ0v) is 77.9. The van der Waals surface area contributed by atoms with Gasteiger partial charge in [0.15, 0.2) is 25.2 Å². The van der Waals surface area contributed by atoms with Gasteiger partial charge < -0.3 is 190 Å². The van der Waals surface area contributed by atoms with Crippen LogP contribution < -0.4 is 21.3 Å². The van der Waals surface area contributed by atoms with E-state index >= 15 is 0 Å². The Morgan fingerprint density at radius 3 is 1.19 bits per heavy atom. The lowest BCUT2D eigenvalue weighted by Crippen LogP contribution is -2.72. The lowest BCUT2D eigenvalue weighted by atomic mass is 9.88. The van der Waals surface area contributed by atoms with Gasteiger partial charge in [-0.2, -0.15) is 0 Å². The van der Waals surface area contributed by atoms with Crippen LogP contribution in [0.3, 0.4) is 0 Å². The third kappa shape index (κ3) is 35.7. The van der Waals surface area contributed by atoms with Crippen molar-refractivity contribution in [3.63, 3.8) is 0 Å². The first-order valence-corrected chi connectivity index (χ1v) is 48.4. The molecule has 0 aromatic rings. The molecule has 6 aliphatic heterocycles. The minimum absolute atomic E-state index is 0.0921. The highest BCUT2D eigenvalue weighted by Gasteiger charge is 2.64. The van der Waals surface area contributed by atoms with Crippen LogP contribution in [-0.4, -0.2) is 408 Å². The van der Waals surface area contributed by atoms with E-state index in [1.807, 2.05) is 0 Å². The molecule has 44 heteroatoms. The van der Waals surface area contributed by atoms with Gasteiger partial charge in [0, 0.05) is 33.1 Å². The molecule has 0 aliphatic carbocycles. The molecule has 0 aromatic carbocycles. The number of carboxylic acids is 2. The molecule has 0 spiro atoms. The summed E-state index contributed by atoms with van der Waals surface area (Å²) in [5.74, 6) is -15.0. The molecule has 6 fully saturated rings. The maximum atomic E-state index is 14.1. The second-order valence-electron chi connectivity index (χ2n) is 36.4. The van der Waals surface area contributed by atoms with Gasteiger partial charge in [-0.25, -0.2) is 9.59 Å². The number of unbranched alkanes of at least 4 members (excludes halogenated alkanes) is 31. The van der Waals surface area contributed by atoms with Gasteiger partial charge >= 0.3 is 11.9 Å². The monoisotopic (exact) mass is 1940 g/mol. The average Bonchev–Trinajstić information content (AvgIpc) is 1.12. The molecule has 0 bridgehead atoms. The van der Waals surface area contributed by atoms with Crippen molar-refractivity contribution in [3.05, 3.63) is 12.2 Å². The van der Waals surface area contributed by atoms with Crippen molar-refractivity contribution in [1.29, 1.82) is 0 Å². The predicted octanol–water partition coefficient (Wildman–Crippen LogP) is -2.56. The van der Waals surface area contributed by atoms with Crippen LogP contribution >= 0.6 is 0 Å². The van der Waals surface area contributed by atoms with Gasteiger partial charge in [0.25, 0.3) is 11.6 Å². The Labute approximate surface area is 782 Å². The molecule has 12 unspecified atom stereocenters. The van der Waals surface area contributed by atoms with Crippen LogP contribution in [0.5, 0.6) is 0 Å². The number of carbonyl (C=O) groups is 6. The summed E-state index contributed by atoms with van der Waals surface area (Å²) < 4.78 is 72.4. The highest BCUT2D eigenvalue weighted by atomic mass is 16.8. The highest BCUT2D eigenvalue weighted by molar-refractivity contribution is 5.79. The first kappa shape index (κ1) is 118. The molecule has 6 heterocycles. The minimum Gasteiger partial charge on any atom is -0.477 e. The van der Waals surface area contributed by atoms with Crippen molar-refractivity contribution in [3.8, 4) is 0 Å². The number of allylic oxidation sites excluding steroid dienone is 1. The van der Waals surface area contributed by atoms with Crippen molar-refractivity contribution in [2.24, 2.45) is 0 Å². The topological polar surface area (TPSA) is 706 Å². The van der Waals surface area contributed by atoms with E-state index in [2.05, 4.69) is 35.1 Å². The molecule has 0 radical (unpaired) electrons. The summed E-state index contributed by atoms with van der Waals surface area (Å²) in [5.41, 5.74) is 0. The zero-order chi connectivity index (χ0) is 98.8. The van der Waals surface area contributed by atoms with E-state index in [1.165, 1.54) is 141 Å². The largest absolute Gasteiger partial charge is 0.477 e. The Kier molecular flexibility index (Phi) is 54.5. The second kappa shape index (κ2) is 61.9. The van der Waals surface area contributed by atoms with Gasteiger partial charge in [0.1, 0.15) is 141 Å². The Bertz CT molecular complexity index is 3330. The number of amides is 4. The molecule has 6 saturated heterocycles. The number of ether oxygens (including phenoxy) is 12. The molecule has 6 rings (SSSR count). The van der Waals surface area contributed by atoms with Crippen molar-refractivity contribution in [2.45, 2.75) is 466 Å². The fourth-order valence-corrected chi connectivity index (χ4v) is 18.0. The van der Waals surface area contributed by atoms with Gasteiger partial charge in [0.05, 0.1) is 82.7 Å². The Morgan fingerprint density at radius 2 is 0.761 bits per heavy atom. The number of rotatable bonds is 66. The molecule has 26 N–H and O–H groups in total. The van der Waals surface area contributed by atoms with Crippen molar-refractivity contribution in [2.75, 3.05) is 52.9 Å². The van der Waals surface area contributed by atoms with Gasteiger partial charge in [-0.15, -0.1) is 0 Å². The van der Waals surface area contributed by atoms with Gasteiger partial charge in [-0.3, -0.25) is 19.2 Å². The van der Waals surface area contributed by atoms with Gasteiger partial charge in [-0.1, -0.05) is 219 Å². The smallest absolute Gasteiger partial charge is 0.364 e. The van der Waals surface area contributed by atoms with Crippen molar-refractivity contribution in [1.82, 2.24) is 21.3 Å². The van der Waals surface area contributed by atoms with E-state index < -0.39 is 309 Å². The SMILES string of the molecule is CCCCCCCCCCCCC/C=C/[C@@H](O)[C@H](CO[C@@H]1OC(CO)[C@@H](O[C@@H]2OC(CO)[C@H](O[C@@H]3OC(CO)[C@H](O)[C@H](O[C@@H]4OC(CO)[C@H](O)[C@H](O[C@]5(C(=O)O)CC(O)[C@@H](NC(=O)CO)C([C@H](O)[C@H](O)CO)O5)C4O)C3NC(C)=O)[C@H](O[C@]3(C(=O)O)CC(O)[C@@H](NC(C)=O)C([C@H](O)[C@H](O)CO)O3)C2O)[C@H](O)C1O)NC(=O)CCCCCCCCCCCCCCCCCCCCCCC. The molecule has 0 saturated carbocycles. The number of aliphatic hydroxyl groups is 20. The van der Waals surface area contributed by atoms with Crippen LogP contribution in [0.2, 0.25) is 0 Å². The lowest BCUT2D eigenvalue weighted by molar-refractivity contribution is -0.405. The summed E-state index contributed by atoms with van der Waals surface area (Å²) in [6.45, 7) is -3.13. The third-order valence-electron chi connectivity index (χ3n) is 25.7. The summed E-state index contributed by atoms with van der Waals surface area (Å²) in [6.07, 6.45) is -24.9. The molecule has 4 amide bonds. The van der Waals surface area contributed by atoms with E-state index in [-0.39, 0.29) is 6.42 Å². The summed E-state index contributed by atoms with van der Waals surface area (Å²) in [4.78, 5) is 79.9. The van der Waals surface area contributed by atoms with Crippen molar-refractivity contribution < 1.29 is 198 Å². The molecular weight excluding hydrogens is 1780 g/mol. The molecule has 6 aliphatic rings. The maximum Gasteiger partial charge on any atom is 0.364 e. The van der Waals surface area contributed by atoms with Crippen LogP contribution in [0.25, 0.3) is 0 Å². The van der Waals surface area contributed by atoms with Crippen molar-refractivity contribution >= 4 is 35.6 Å². The standard InChI is InChI=1S/C90H160N4O40/c1-5-7-9-11-13-15-17-19-20-21-22-23-24-25-26-28-30-32-34-36-38-40-63(109)93-53(54(104)39-37-35-33-31-29-27-18-16-14-12-10-8-6-2)50-123-84-73(116)72(115)76(61(47-99)126-84)128-86-75(118)82(134-90(88(121)122)41-55(105)65(91-51(3)102)79(131-90)68(111)57(107)43-95)77(62(48-100)127-86)129-83-67(92-52(4)103)78(70(113)59(45-97)124-83)130-85-74(117)81(71(114)60(46-98)125-85)133-89(87(119)120)42-56(106)66(94-64(110)49-101)80(132-89)69(112)58(108)44-96/h37,39,53-62,65-86,95-101,104-108,111-118H,5-36,38,40-50H2,1-4H3,(H,91,102)(H,92,103)(H,93,109)(H,94,110)(H,119,120)(H,121,122)/b39-37+/t53-,54+,55?,56?,57+,58+,59?,60?,61?,62?,65+,66+,67?,68+,69+,70-,71-,72+,73?,74?,75?,76+,77-,78+,79?,80?,81-,82+,83-,84+,85-,86-,89-,90-/m0/s1. The quantitative estimate of drug-likeness (QED) is 0.0220. The highest BCUT2D eigenvalue weighted by Crippen LogP contribution is 2.43. The maximum absolute atomic E-state index is 14.1. The number of hydrogen-bond acceptors (Lipinski definition) is 38. The average molecular weight is 1940 g/mol. The number of hydrogen-bond donors (Lipinski definition) is 26. The summed E-state index contributed by atoms with van der Waals surface area (Å²) in [6, 6.07) is -7.13. The first-order chi connectivity index (χ1) is 64.1. The molecule has 0 aromatic heterocycles.